The summed E-state index contributed by atoms with van der Waals surface area (Å²) < 4.78 is 10.9. The van der Waals surface area contributed by atoms with Crippen LogP contribution in [-0.2, 0) is 14.3 Å². The Morgan fingerprint density at radius 1 is 1.45 bits per heavy atom. The van der Waals surface area contributed by atoms with Crippen LogP contribution in [0.3, 0.4) is 0 Å². The van der Waals surface area contributed by atoms with Crippen molar-refractivity contribution >= 4 is 27.8 Å². The smallest absolute Gasteiger partial charge is 0.326 e. The van der Waals surface area contributed by atoms with E-state index in [9.17, 15) is 9.59 Å². The molecule has 0 aliphatic rings. The number of ether oxygens (including phenoxy) is 2. The molecule has 1 atom stereocenters. The highest BCUT2D eigenvalue weighted by Gasteiger charge is 2.19. The molecule has 0 heterocycles. The Morgan fingerprint density at radius 3 is 2.80 bits per heavy atom. The maximum Gasteiger partial charge on any atom is 0.326 e. The molecule has 1 amide bonds. The summed E-state index contributed by atoms with van der Waals surface area (Å²) in [6.07, 6.45) is 0.203. The van der Waals surface area contributed by atoms with Gasteiger partial charge in [-0.25, -0.2) is 4.79 Å². The molecule has 0 bridgehead atoms. The summed E-state index contributed by atoms with van der Waals surface area (Å²) in [4.78, 5) is 22.6. The van der Waals surface area contributed by atoms with E-state index in [0.29, 0.717) is 5.75 Å². The zero-order chi connectivity index (χ0) is 15.0. The number of carbonyl (C=O) groups excluding carboxylic acids is 1. The molecule has 0 aromatic heterocycles. The van der Waals surface area contributed by atoms with Crippen LogP contribution in [0.25, 0.3) is 0 Å². The van der Waals surface area contributed by atoms with Crippen LogP contribution < -0.4 is 10.1 Å². The first-order chi connectivity index (χ1) is 9.52. The van der Waals surface area contributed by atoms with Gasteiger partial charge < -0.3 is 19.9 Å². The molecule has 0 saturated heterocycles. The lowest BCUT2D eigenvalue weighted by Crippen LogP contribution is -2.43. The van der Waals surface area contributed by atoms with Crippen LogP contribution in [-0.4, -0.2) is 43.3 Å². The van der Waals surface area contributed by atoms with Gasteiger partial charge in [0.25, 0.3) is 5.91 Å². The van der Waals surface area contributed by atoms with E-state index in [1.807, 2.05) is 6.07 Å². The van der Waals surface area contributed by atoms with Gasteiger partial charge >= 0.3 is 5.97 Å². The van der Waals surface area contributed by atoms with Crippen molar-refractivity contribution in [2.45, 2.75) is 12.5 Å². The van der Waals surface area contributed by atoms with Gasteiger partial charge in [-0.1, -0.05) is 22.0 Å². The molecule has 110 valence electrons. The third-order valence-corrected chi connectivity index (χ3v) is 2.90. The zero-order valence-corrected chi connectivity index (χ0v) is 12.6. The van der Waals surface area contributed by atoms with Crippen LogP contribution in [0.5, 0.6) is 5.75 Å². The first-order valence-corrected chi connectivity index (χ1v) is 6.71. The second-order valence-corrected chi connectivity index (χ2v) is 4.90. The Labute approximate surface area is 125 Å². The Hall–Kier alpha value is -1.60. The number of methoxy groups -OCH3 is 1. The minimum atomic E-state index is -1.10. The minimum Gasteiger partial charge on any atom is -0.484 e. The summed E-state index contributed by atoms with van der Waals surface area (Å²) in [7, 11) is 1.47. The third-order valence-electron chi connectivity index (χ3n) is 2.41. The summed E-state index contributed by atoms with van der Waals surface area (Å²) in [6.45, 7) is 0.0109. The summed E-state index contributed by atoms with van der Waals surface area (Å²) in [5.41, 5.74) is 0. The van der Waals surface area contributed by atoms with Gasteiger partial charge in [0.05, 0.1) is 0 Å². The standard InChI is InChI=1S/C13H16BrNO5/c1-19-6-5-11(13(17)18)15-12(16)8-20-10-4-2-3-9(14)7-10/h2-4,7,11H,5-6,8H2,1H3,(H,15,16)(H,17,18). The highest BCUT2D eigenvalue weighted by molar-refractivity contribution is 9.10. The van der Waals surface area contributed by atoms with E-state index < -0.39 is 17.9 Å². The largest absolute Gasteiger partial charge is 0.484 e. The molecule has 1 aromatic rings. The van der Waals surface area contributed by atoms with E-state index in [1.54, 1.807) is 18.2 Å². The predicted molar refractivity (Wildman–Crippen MR) is 75.7 cm³/mol. The lowest BCUT2D eigenvalue weighted by atomic mass is 10.2. The van der Waals surface area contributed by atoms with Crippen molar-refractivity contribution in [3.63, 3.8) is 0 Å². The number of halogens is 1. The fourth-order valence-corrected chi connectivity index (χ4v) is 1.81. The van der Waals surface area contributed by atoms with Crippen LogP contribution in [0.15, 0.2) is 28.7 Å². The van der Waals surface area contributed by atoms with Crippen LogP contribution in [0.1, 0.15) is 6.42 Å². The van der Waals surface area contributed by atoms with Gasteiger partial charge in [-0.2, -0.15) is 0 Å². The van der Waals surface area contributed by atoms with Crippen LogP contribution in [0.4, 0.5) is 0 Å². The average Bonchev–Trinajstić information content (AvgIpc) is 2.41. The molecule has 2 N–H and O–H groups in total. The fourth-order valence-electron chi connectivity index (χ4n) is 1.43. The van der Waals surface area contributed by atoms with Gasteiger partial charge in [0.1, 0.15) is 11.8 Å². The predicted octanol–water partition coefficient (Wildman–Crippen LogP) is 1.43. The van der Waals surface area contributed by atoms with E-state index in [-0.39, 0.29) is 19.6 Å². The first-order valence-electron chi connectivity index (χ1n) is 5.92. The molecule has 6 nitrogen and oxygen atoms in total. The van der Waals surface area contributed by atoms with Crippen molar-refractivity contribution in [1.29, 1.82) is 0 Å². The van der Waals surface area contributed by atoms with Crippen LogP contribution in [0.2, 0.25) is 0 Å². The molecule has 0 fully saturated rings. The van der Waals surface area contributed by atoms with Crippen molar-refractivity contribution in [2.24, 2.45) is 0 Å². The molecule has 0 aliphatic heterocycles. The molecule has 0 saturated carbocycles. The number of amides is 1. The number of benzene rings is 1. The molecule has 7 heteroatoms. The lowest BCUT2D eigenvalue weighted by Gasteiger charge is -2.14. The molecule has 0 spiro atoms. The van der Waals surface area contributed by atoms with E-state index in [2.05, 4.69) is 21.2 Å². The molecule has 0 aliphatic carbocycles. The molecule has 1 rings (SSSR count). The highest BCUT2D eigenvalue weighted by atomic mass is 79.9. The van der Waals surface area contributed by atoms with Gasteiger partial charge in [0.2, 0.25) is 0 Å². The SMILES string of the molecule is COCCC(NC(=O)COc1cccc(Br)c1)C(=O)O. The summed E-state index contributed by atoms with van der Waals surface area (Å²) in [5, 5.41) is 11.3. The van der Waals surface area contributed by atoms with Crippen LogP contribution >= 0.6 is 15.9 Å². The molecular formula is C13H16BrNO5. The number of rotatable bonds is 8. The Bertz CT molecular complexity index is 466. The van der Waals surface area contributed by atoms with Crippen molar-refractivity contribution in [3.05, 3.63) is 28.7 Å². The molecule has 0 radical (unpaired) electrons. The number of hydrogen-bond donors (Lipinski definition) is 2. The lowest BCUT2D eigenvalue weighted by molar-refractivity contribution is -0.142. The number of carboxylic acid groups (broad SMARTS) is 1. The van der Waals surface area contributed by atoms with Gasteiger partial charge in [-0.15, -0.1) is 0 Å². The van der Waals surface area contributed by atoms with Crippen molar-refractivity contribution in [1.82, 2.24) is 5.32 Å². The third kappa shape index (κ3) is 6.03. The second kappa shape index (κ2) is 8.55. The normalized spacial score (nSPS) is 11.7. The maximum absolute atomic E-state index is 11.6. The first kappa shape index (κ1) is 16.5. The van der Waals surface area contributed by atoms with Crippen molar-refractivity contribution < 1.29 is 24.2 Å². The topological polar surface area (TPSA) is 84.9 Å². The Morgan fingerprint density at radius 2 is 2.20 bits per heavy atom. The maximum atomic E-state index is 11.6. The van der Waals surface area contributed by atoms with Crippen molar-refractivity contribution in [3.8, 4) is 5.75 Å². The number of hydrogen-bond acceptors (Lipinski definition) is 4. The Kier molecular flexibility index (Phi) is 7.03. The summed E-state index contributed by atoms with van der Waals surface area (Å²) >= 11 is 3.28. The number of carboxylic acids is 1. The monoisotopic (exact) mass is 345 g/mol. The van der Waals surface area contributed by atoms with Gasteiger partial charge in [-0.3, -0.25) is 4.79 Å². The van der Waals surface area contributed by atoms with Gasteiger partial charge in [0, 0.05) is 24.6 Å². The summed E-state index contributed by atoms with van der Waals surface area (Å²) in [6, 6.07) is 6.05. The zero-order valence-electron chi connectivity index (χ0n) is 11.0. The number of carbonyl (C=O) groups is 2. The van der Waals surface area contributed by atoms with Gasteiger partial charge in [0.15, 0.2) is 6.61 Å². The van der Waals surface area contributed by atoms with E-state index in [4.69, 9.17) is 14.6 Å². The van der Waals surface area contributed by atoms with Crippen LogP contribution in [0, 0.1) is 0 Å². The second-order valence-electron chi connectivity index (χ2n) is 3.99. The number of nitrogens with one attached hydrogen (secondary N) is 1. The average molecular weight is 346 g/mol. The Balaban J connectivity index is 2.43. The fraction of sp³-hybridized carbons (Fsp3) is 0.385. The molecule has 1 aromatic carbocycles. The highest BCUT2D eigenvalue weighted by Crippen LogP contribution is 2.17. The van der Waals surface area contributed by atoms with E-state index >= 15 is 0 Å². The summed E-state index contributed by atoms with van der Waals surface area (Å²) in [5.74, 6) is -1.07. The molecule has 1 unspecified atom stereocenters. The minimum absolute atomic E-state index is 0.203. The molecular weight excluding hydrogens is 330 g/mol. The van der Waals surface area contributed by atoms with E-state index in [1.165, 1.54) is 7.11 Å². The quantitative estimate of drug-likeness (QED) is 0.744. The van der Waals surface area contributed by atoms with Crippen molar-refractivity contribution in [2.75, 3.05) is 20.3 Å². The molecule has 20 heavy (non-hydrogen) atoms. The number of aliphatic carboxylic acids is 1. The van der Waals surface area contributed by atoms with Gasteiger partial charge in [-0.05, 0) is 18.2 Å². The van der Waals surface area contributed by atoms with E-state index in [0.717, 1.165) is 4.47 Å².